The molecule has 1 amide bonds. The predicted molar refractivity (Wildman–Crippen MR) is 132 cm³/mol. The summed E-state index contributed by atoms with van der Waals surface area (Å²) in [4.78, 5) is 14.8. The molecule has 1 heterocycles. The fourth-order valence-electron chi connectivity index (χ4n) is 3.74. The van der Waals surface area contributed by atoms with E-state index in [0.717, 1.165) is 16.7 Å². The van der Waals surface area contributed by atoms with Gasteiger partial charge >= 0.3 is 0 Å². The van der Waals surface area contributed by atoms with Crippen LogP contribution >= 0.6 is 0 Å². The highest BCUT2D eigenvalue weighted by atomic mass is 32.2. The number of carbonyl (C=O) groups excluding carboxylic acids is 1. The zero-order chi connectivity index (χ0) is 25.0. The number of hydrogen-bond donors (Lipinski definition) is 1. The highest BCUT2D eigenvalue weighted by Gasteiger charge is 2.29. The summed E-state index contributed by atoms with van der Waals surface area (Å²) in [6.07, 6.45) is 0. The van der Waals surface area contributed by atoms with E-state index in [4.69, 9.17) is 0 Å². The lowest BCUT2D eigenvalue weighted by atomic mass is 10.0. The van der Waals surface area contributed by atoms with Gasteiger partial charge in [-0.1, -0.05) is 58.0 Å². The molecule has 34 heavy (non-hydrogen) atoms. The largest absolute Gasteiger partial charge is 0.324 e. The summed E-state index contributed by atoms with van der Waals surface area (Å²) < 4.78 is 27.5. The van der Waals surface area contributed by atoms with E-state index in [1.54, 1.807) is 19.9 Å². The lowest BCUT2D eigenvalue weighted by Gasteiger charge is -2.22. The molecule has 0 fully saturated rings. The predicted octanol–water partition coefficient (Wildman–Crippen LogP) is 3.82. The molecule has 0 spiro atoms. The monoisotopic (exact) mass is 484 g/mol. The quantitative estimate of drug-likeness (QED) is 0.494. The maximum atomic E-state index is 13.4. The summed E-state index contributed by atoms with van der Waals surface area (Å²) in [6.45, 7) is 11.8. The normalized spacial score (nSPS) is 12.8. The molecule has 1 N–H and O–H groups in total. The van der Waals surface area contributed by atoms with Crippen LogP contribution in [0.1, 0.15) is 44.9 Å². The maximum Gasteiger partial charge on any atom is 0.251 e. The summed E-state index contributed by atoms with van der Waals surface area (Å²) >= 11 is 0. The second kappa shape index (κ2) is 10.4. The van der Waals surface area contributed by atoms with Gasteiger partial charge in [0, 0.05) is 24.3 Å². The first kappa shape index (κ1) is 25.5. The van der Waals surface area contributed by atoms with Gasteiger partial charge < -0.3 is 5.32 Å². The lowest BCUT2D eigenvalue weighted by Crippen LogP contribution is -2.32. The maximum absolute atomic E-state index is 13.4. The van der Waals surface area contributed by atoms with E-state index in [9.17, 15) is 13.2 Å². The van der Waals surface area contributed by atoms with E-state index in [0.29, 0.717) is 24.6 Å². The van der Waals surface area contributed by atoms with Crippen molar-refractivity contribution in [3.8, 4) is 11.4 Å². The van der Waals surface area contributed by atoms with Crippen LogP contribution < -0.4 is 5.32 Å². The average Bonchev–Trinajstić information content (AvgIpc) is 3.27. The van der Waals surface area contributed by atoms with Crippen LogP contribution in [-0.4, -0.2) is 51.9 Å². The molecule has 0 saturated carbocycles. The molecule has 1 atom stereocenters. The highest BCUT2D eigenvalue weighted by molar-refractivity contribution is 7.89. The van der Waals surface area contributed by atoms with Gasteiger partial charge in [0.25, 0.3) is 5.91 Å². The van der Waals surface area contributed by atoms with Crippen LogP contribution in [0.15, 0.2) is 47.4 Å². The Hall–Kier alpha value is -3.11. The Kier molecular flexibility index (Phi) is 7.83. The Bertz CT molecular complexity index is 1250. The summed E-state index contributed by atoms with van der Waals surface area (Å²) in [5, 5.41) is 15.6. The smallest absolute Gasteiger partial charge is 0.251 e. The number of nitrogens with zero attached hydrogens (tertiary/aromatic N) is 5. The van der Waals surface area contributed by atoms with Gasteiger partial charge in [-0.3, -0.25) is 4.79 Å². The minimum Gasteiger partial charge on any atom is -0.324 e. The number of carbonyl (C=O) groups is 1. The third kappa shape index (κ3) is 5.18. The van der Waals surface area contributed by atoms with Gasteiger partial charge in [0.2, 0.25) is 15.8 Å². The molecule has 1 aromatic heterocycles. The van der Waals surface area contributed by atoms with Crippen molar-refractivity contribution in [2.24, 2.45) is 5.92 Å². The summed E-state index contributed by atoms with van der Waals surface area (Å²) in [7, 11) is -3.67. The number of nitrogens with one attached hydrogen (secondary N) is 1. The molecule has 0 radical (unpaired) electrons. The number of hydrogen-bond acceptors (Lipinski definition) is 6. The van der Waals surface area contributed by atoms with Crippen molar-refractivity contribution < 1.29 is 13.2 Å². The van der Waals surface area contributed by atoms with Crippen molar-refractivity contribution >= 4 is 21.6 Å². The van der Waals surface area contributed by atoms with Crippen LogP contribution in [-0.2, 0) is 14.8 Å². The molecule has 1 unspecified atom stereocenters. The molecule has 9 nitrogen and oxygen atoms in total. The van der Waals surface area contributed by atoms with E-state index in [1.165, 1.54) is 15.2 Å². The van der Waals surface area contributed by atoms with Gasteiger partial charge in [-0.25, -0.2) is 8.42 Å². The van der Waals surface area contributed by atoms with E-state index < -0.39 is 16.1 Å². The molecule has 10 heteroatoms. The van der Waals surface area contributed by atoms with Gasteiger partial charge in [0.05, 0.1) is 4.90 Å². The van der Waals surface area contributed by atoms with Crippen molar-refractivity contribution in [1.29, 1.82) is 0 Å². The number of sulfonamides is 1. The van der Waals surface area contributed by atoms with Crippen LogP contribution in [0.25, 0.3) is 11.4 Å². The molecule has 0 aliphatic heterocycles. The average molecular weight is 485 g/mol. The number of aromatic nitrogens is 4. The van der Waals surface area contributed by atoms with Crippen LogP contribution in [0, 0.1) is 19.8 Å². The van der Waals surface area contributed by atoms with Crippen molar-refractivity contribution in [1.82, 2.24) is 24.5 Å². The van der Waals surface area contributed by atoms with Crippen molar-refractivity contribution in [2.45, 2.75) is 52.5 Å². The van der Waals surface area contributed by atoms with E-state index in [1.807, 2.05) is 58.0 Å². The minimum absolute atomic E-state index is 0.137. The first-order valence-electron chi connectivity index (χ1n) is 11.4. The Morgan fingerprint density at radius 3 is 2.32 bits per heavy atom. The van der Waals surface area contributed by atoms with E-state index >= 15 is 0 Å². The fraction of sp³-hybridized carbons (Fsp3) is 0.417. The first-order valence-corrected chi connectivity index (χ1v) is 12.8. The Morgan fingerprint density at radius 1 is 1.09 bits per heavy atom. The molecule has 0 aliphatic rings. The SMILES string of the molecule is CCN(CC)S(=O)(=O)c1cc(C)c(C)c(NC(=O)C(C(C)C)n2nnc(-c3ccccc3)n2)c1. The fourth-order valence-corrected chi connectivity index (χ4v) is 5.31. The molecule has 3 aromatic rings. The number of aryl methyl sites for hydroxylation is 1. The molecule has 0 saturated heterocycles. The Morgan fingerprint density at radius 2 is 1.74 bits per heavy atom. The van der Waals surface area contributed by atoms with Gasteiger partial charge in [-0.2, -0.15) is 9.10 Å². The van der Waals surface area contributed by atoms with Gasteiger partial charge in [0.15, 0.2) is 6.04 Å². The first-order chi connectivity index (χ1) is 16.1. The van der Waals surface area contributed by atoms with E-state index in [-0.39, 0.29) is 16.7 Å². The van der Waals surface area contributed by atoms with Crippen molar-refractivity contribution in [2.75, 3.05) is 18.4 Å². The highest BCUT2D eigenvalue weighted by Crippen LogP contribution is 2.28. The standard InChI is InChI=1S/C24H32N6O3S/c1-7-29(8-2)34(32,33)20-14-17(5)18(6)21(15-20)25-24(31)22(16(3)4)30-27-23(26-28-30)19-12-10-9-11-13-19/h9-16,22H,7-8H2,1-6H3,(H,25,31). The number of benzene rings is 2. The van der Waals surface area contributed by atoms with Crippen LogP contribution in [0.3, 0.4) is 0 Å². The number of rotatable bonds is 9. The Balaban J connectivity index is 1.94. The van der Waals surface area contributed by atoms with Gasteiger partial charge in [-0.05, 0) is 48.2 Å². The summed E-state index contributed by atoms with van der Waals surface area (Å²) in [5.41, 5.74) is 2.82. The molecule has 0 aliphatic carbocycles. The van der Waals surface area contributed by atoms with Gasteiger partial charge in [0.1, 0.15) is 0 Å². The molecular weight excluding hydrogens is 452 g/mol. The van der Waals surface area contributed by atoms with Crippen molar-refractivity contribution in [3.63, 3.8) is 0 Å². The molecule has 2 aromatic carbocycles. The second-order valence-electron chi connectivity index (χ2n) is 8.48. The zero-order valence-electron chi connectivity index (χ0n) is 20.5. The lowest BCUT2D eigenvalue weighted by molar-refractivity contribution is -0.121. The Labute approximate surface area is 201 Å². The van der Waals surface area contributed by atoms with Crippen LogP contribution in [0.5, 0.6) is 0 Å². The second-order valence-corrected chi connectivity index (χ2v) is 10.4. The summed E-state index contributed by atoms with van der Waals surface area (Å²) in [5.74, 6) is -0.0490. The molecule has 0 bridgehead atoms. The third-order valence-electron chi connectivity index (χ3n) is 5.85. The third-order valence-corrected chi connectivity index (χ3v) is 7.88. The summed E-state index contributed by atoms with van der Waals surface area (Å²) in [6, 6.07) is 11.9. The number of tetrazole rings is 1. The van der Waals surface area contributed by atoms with Gasteiger partial charge in [-0.15, -0.1) is 10.2 Å². The number of anilines is 1. The van der Waals surface area contributed by atoms with Crippen molar-refractivity contribution in [3.05, 3.63) is 53.6 Å². The molecular formula is C24H32N6O3S. The molecule has 3 rings (SSSR count). The number of amides is 1. The van der Waals surface area contributed by atoms with Crippen LogP contribution in [0.2, 0.25) is 0 Å². The van der Waals surface area contributed by atoms with E-state index in [2.05, 4.69) is 20.7 Å². The minimum atomic E-state index is -3.67. The topological polar surface area (TPSA) is 110 Å². The van der Waals surface area contributed by atoms with Crippen LogP contribution in [0.4, 0.5) is 5.69 Å². The molecule has 182 valence electrons. The zero-order valence-corrected chi connectivity index (χ0v) is 21.3.